The number of anilines is 1. The Labute approximate surface area is 195 Å². The third-order valence-electron chi connectivity index (χ3n) is 5.97. The second-order valence-corrected chi connectivity index (χ2v) is 9.79. The van der Waals surface area contributed by atoms with Crippen LogP contribution in [0.25, 0.3) is 11.0 Å². The molecule has 1 amide bonds. The molecule has 0 bridgehead atoms. The molecule has 2 aromatic heterocycles. The normalized spacial score (nSPS) is 11.7. The molecule has 172 valence electrons. The largest absolute Gasteiger partial charge is 0.467 e. The summed E-state index contributed by atoms with van der Waals surface area (Å²) in [7, 11) is 4.03. The zero-order valence-corrected chi connectivity index (χ0v) is 20.1. The maximum atomic E-state index is 13.5. The van der Waals surface area contributed by atoms with Gasteiger partial charge in [0, 0.05) is 37.3 Å². The second kappa shape index (κ2) is 9.18. The van der Waals surface area contributed by atoms with E-state index in [-0.39, 0.29) is 17.7 Å². The second-order valence-electron chi connectivity index (χ2n) is 9.79. The molecule has 0 saturated carbocycles. The highest BCUT2D eigenvalue weighted by atomic mass is 16.3. The summed E-state index contributed by atoms with van der Waals surface area (Å²) in [4.78, 5) is 17.4. The molecule has 5 heteroatoms. The molecule has 4 aromatic rings. The smallest absolute Gasteiger partial charge is 0.227 e. The number of carbonyl (C=O) groups excluding carboxylic acids is 1. The van der Waals surface area contributed by atoms with Crippen LogP contribution < -0.4 is 4.90 Å². The first-order valence-electron chi connectivity index (χ1n) is 11.3. The maximum Gasteiger partial charge on any atom is 0.227 e. The van der Waals surface area contributed by atoms with Gasteiger partial charge in [-0.05, 0) is 52.9 Å². The maximum absolute atomic E-state index is 13.5. The topological polar surface area (TPSA) is 49.8 Å². The first-order valence-corrected chi connectivity index (χ1v) is 11.3. The fourth-order valence-corrected chi connectivity index (χ4v) is 3.90. The fraction of sp³-hybridized carbons (Fsp3) is 0.321. The van der Waals surface area contributed by atoms with Crippen LogP contribution in [0.1, 0.15) is 43.2 Å². The van der Waals surface area contributed by atoms with Gasteiger partial charge in [0.15, 0.2) is 0 Å². The van der Waals surface area contributed by atoms with Crippen LogP contribution in [-0.2, 0) is 29.7 Å². The predicted molar refractivity (Wildman–Crippen MR) is 132 cm³/mol. The molecular formula is C28H32N2O3. The Morgan fingerprint density at radius 1 is 0.939 bits per heavy atom. The summed E-state index contributed by atoms with van der Waals surface area (Å²) in [6.45, 7) is 7.49. The van der Waals surface area contributed by atoms with Crippen molar-refractivity contribution in [2.45, 2.75) is 45.7 Å². The average Bonchev–Trinajstić information content (AvgIpc) is 3.43. The average molecular weight is 445 g/mol. The van der Waals surface area contributed by atoms with Crippen LogP contribution in [-0.4, -0.2) is 24.9 Å². The molecule has 0 N–H and O–H groups in total. The molecule has 2 aromatic carbocycles. The van der Waals surface area contributed by atoms with Gasteiger partial charge in [0.2, 0.25) is 5.91 Å². The Bertz CT molecular complexity index is 1210. The van der Waals surface area contributed by atoms with E-state index >= 15 is 0 Å². The quantitative estimate of drug-likeness (QED) is 0.342. The molecule has 0 unspecified atom stereocenters. The van der Waals surface area contributed by atoms with Crippen molar-refractivity contribution in [1.29, 1.82) is 0 Å². The molecule has 0 aliphatic rings. The zero-order valence-electron chi connectivity index (χ0n) is 20.1. The number of hydrogen-bond acceptors (Lipinski definition) is 4. The van der Waals surface area contributed by atoms with Crippen LogP contribution in [0.5, 0.6) is 0 Å². The highest BCUT2D eigenvalue weighted by Gasteiger charge is 2.21. The zero-order chi connectivity index (χ0) is 23.6. The molecule has 0 saturated heterocycles. The summed E-state index contributed by atoms with van der Waals surface area (Å²) in [6.07, 6.45) is 3.63. The van der Waals surface area contributed by atoms with Crippen LogP contribution in [0.3, 0.4) is 0 Å². The Morgan fingerprint density at radius 3 is 2.33 bits per heavy atom. The van der Waals surface area contributed by atoms with Crippen LogP contribution in [0, 0.1) is 0 Å². The molecule has 2 heterocycles. The molecule has 33 heavy (non-hydrogen) atoms. The van der Waals surface area contributed by atoms with Crippen LogP contribution in [0.2, 0.25) is 0 Å². The van der Waals surface area contributed by atoms with Crippen LogP contribution in [0.4, 0.5) is 5.69 Å². The van der Waals surface area contributed by atoms with Crippen molar-refractivity contribution in [2.75, 3.05) is 19.0 Å². The van der Waals surface area contributed by atoms with E-state index in [0.29, 0.717) is 13.1 Å². The van der Waals surface area contributed by atoms with E-state index in [9.17, 15) is 4.79 Å². The van der Waals surface area contributed by atoms with Crippen molar-refractivity contribution < 1.29 is 13.6 Å². The molecule has 0 aliphatic heterocycles. The Morgan fingerprint density at radius 2 is 1.70 bits per heavy atom. The minimum Gasteiger partial charge on any atom is -0.467 e. The number of furan rings is 2. The summed E-state index contributed by atoms with van der Waals surface area (Å²) >= 11 is 0. The summed E-state index contributed by atoms with van der Waals surface area (Å²) in [5.41, 5.74) is 5.17. The third-order valence-corrected chi connectivity index (χ3v) is 5.97. The van der Waals surface area contributed by atoms with Crippen molar-refractivity contribution in [2.24, 2.45) is 0 Å². The van der Waals surface area contributed by atoms with Crippen LogP contribution >= 0.6 is 0 Å². The van der Waals surface area contributed by atoms with E-state index in [1.165, 1.54) is 5.56 Å². The third kappa shape index (κ3) is 5.30. The summed E-state index contributed by atoms with van der Waals surface area (Å²) in [5.74, 6) is 0.798. The number of hydrogen-bond donors (Lipinski definition) is 0. The lowest BCUT2D eigenvalue weighted by Gasteiger charge is -2.22. The Kier molecular flexibility index (Phi) is 6.32. The minimum absolute atomic E-state index is 0.0246. The lowest BCUT2D eigenvalue weighted by Crippen LogP contribution is -2.31. The van der Waals surface area contributed by atoms with Crippen molar-refractivity contribution in [3.8, 4) is 0 Å². The molecular weight excluding hydrogens is 412 g/mol. The van der Waals surface area contributed by atoms with Gasteiger partial charge in [-0.3, -0.25) is 4.79 Å². The SMILES string of the molecule is CN(C)c1ccc(CN(Cc2ccco2)C(=O)Cc2coc3ccc(C(C)(C)C)cc23)cc1. The highest BCUT2D eigenvalue weighted by molar-refractivity contribution is 5.88. The number of rotatable bonds is 7. The molecule has 0 spiro atoms. The van der Waals surface area contributed by atoms with E-state index < -0.39 is 0 Å². The summed E-state index contributed by atoms with van der Waals surface area (Å²) in [5, 5.41) is 1.00. The van der Waals surface area contributed by atoms with Gasteiger partial charge >= 0.3 is 0 Å². The van der Waals surface area contributed by atoms with Gasteiger partial charge in [-0.15, -0.1) is 0 Å². The van der Waals surface area contributed by atoms with E-state index in [0.717, 1.165) is 33.5 Å². The number of carbonyl (C=O) groups is 1. The van der Waals surface area contributed by atoms with E-state index in [1.54, 1.807) is 12.5 Å². The first-order chi connectivity index (χ1) is 15.7. The van der Waals surface area contributed by atoms with E-state index in [2.05, 4.69) is 62.1 Å². The van der Waals surface area contributed by atoms with Gasteiger partial charge in [0.25, 0.3) is 0 Å². The fourth-order valence-electron chi connectivity index (χ4n) is 3.90. The Hall–Kier alpha value is -3.47. The van der Waals surface area contributed by atoms with Crippen LogP contribution in [0.15, 0.2) is 76.0 Å². The number of amides is 1. The molecule has 0 radical (unpaired) electrons. The monoisotopic (exact) mass is 444 g/mol. The summed E-state index contributed by atoms with van der Waals surface area (Å²) in [6, 6.07) is 18.3. The molecule has 0 fully saturated rings. The van der Waals surface area contributed by atoms with E-state index in [4.69, 9.17) is 8.83 Å². The Balaban J connectivity index is 1.58. The van der Waals surface area contributed by atoms with Gasteiger partial charge in [-0.1, -0.05) is 39.0 Å². The van der Waals surface area contributed by atoms with Crippen molar-refractivity contribution >= 4 is 22.6 Å². The standard InChI is InChI=1S/C28H32N2O3/c1-28(2,3)22-10-13-26-25(16-22)21(19-33-26)15-27(31)30(18-24-7-6-14-32-24)17-20-8-11-23(12-9-20)29(4)5/h6-14,16,19H,15,17-18H2,1-5H3. The van der Waals surface area contributed by atoms with Crippen molar-refractivity contribution in [3.05, 3.63) is 89.6 Å². The van der Waals surface area contributed by atoms with Gasteiger partial charge in [0.05, 0.1) is 25.5 Å². The van der Waals surface area contributed by atoms with Gasteiger partial charge < -0.3 is 18.6 Å². The van der Waals surface area contributed by atoms with Gasteiger partial charge in [-0.25, -0.2) is 0 Å². The lowest BCUT2D eigenvalue weighted by molar-refractivity contribution is -0.132. The van der Waals surface area contributed by atoms with Crippen molar-refractivity contribution in [3.63, 3.8) is 0 Å². The molecule has 5 nitrogen and oxygen atoms in total. The molecule has 0 aliphatic carbocycles. The number of benzene rings is 2. The minimum atomic E-state index is 0.0246. The van der Waals surface area contributed by atoms with Gasteiger partial charge in [0.1, 0.15) is 11.3 Å². The van der Waals surface area contributed by atoms with Gasteiger partial charge in [-0.2, -0.15) is 0 Å². The first kappa shape index (κ1) is 22.7. The van der Waals surface area contributed by atoms with Crippen molar-refractivity contribution in [1.82, 2.24) is 4.90 Å². The molecule has 4 rings (SSSR count). The lowest BCUT2D eigenvalue weighted by atomic mass is 9.86. The van der Waals surface area contributed by atoms with E-state index in [1.807, 2.05) is 37.2 Å². The number of fused-ring (bicyclic) bond motifs is 1. The molecule has 0 atom stereocenters. The number of nitrogens with zero attached hydrogens (tertiary/aromatic N) is 2. The predicted octanol–water partition coefficient (Wildman–Crippen LogP) is 6.16. The highest BCUT2D eigenvalue weighted by Crippen LogP contribution is 2.29. The summed E-state index contributed by atoms with van der Waals surface area (Å²) < 4.78 is 11.3.